The number of carbonyl (C=O) groups excluding carboxylic acids is 1. The summed E-state index contributed by atoms with van der Waals surface area (Å²) in [6, 6.07) is 18.8. The monoisotopic (exact) mass is 419 g/mol. The van der Waals surface area contributed by atoms with Crippen LogP contribution >= 0.6 is 0 Å². The molecule has 160 valence electrons. The smallest absolute Gasteiger partial charge is 0.404 e. The van der Waals surface area contributed by atoms with Crippen molar-refractivity contribution >= 4 is 17.7 Å². The number of carboxylic acid groups (broad SMARTS) is 1. The number of pyridine rings is 2. The minimum Gasteiger partial charge on any atom is -0.465 e. The Balaban J connectivity index is 1.58. The van der Waals surface area contributed by atoms with Crippen molar-refractivity contribution < 1.29 is 14.7 Å². The molecular formula is C23H25N5O3. The van der Waals surface area contributed by atoms with E-state index in [2.05, 4.69) is 20.6 Å². The Morgan fingerprint density at radius 2 is 1.48 bits per heavy atom. The Morgan fingerprint density at radius 1 is 0.871 bits per heavy atom. The summed E-state index contributed by atoms with van der Waals surface area (Å²) in [6.07, 6.45) is 3.02. The lowest BCUT2D eigenvalue weighted by atomic mass is 10.1. The Kier molecular flexibility index (Phi) is 8.07. The summed E-state index contributed by atoms with van der Waals surface area (Å²) < 4.78 is 0. The van der Waals surface area contributed by atoms with E-state index in [1.807, 2.05) is 65.6 Å². The van der Waals surface area contributed by atoms with Gasteiger partial charge in [0, 0.05) is 37.7 Å². The van der Waals surface area contributed by atoms with Gasteiger partial charge in [0.15, 0.2) is 0 Å². The molecule has 0 fully saturated rings. The molecule has 3 aromatic rings. The predicted octanol–water partition coefficient (Wildman–Crippen LogP) is 2.93. The molecular weight excluding hydrogens is 394 g/mol. The zero-order valence-corrected chi connectivity index (χ0v) is 17.1. The first-order valence-corrected chi connectivity index (χ1v) is 9.96. The second-order valence-corrected chi connectivity index (χ2v) is 7.01. The van der Waals surface area contributed by atoms with Crippen molar-refractivity contribution in [2.45, 2.75) is 19.5 Å². The molecule has 0 unspecified atom stereocenters. The maximum Gasteiger partial charge on any atom is 0.404 e. The van der Waals surface area contributed by atoms with Gasteiger partial charge in [-0.15, -0.1) is 0 Å². The summed E-state index contributed by atoms with van der Waals surface area (Å²) in [5.74, 6) is -0.132. The predicted molar refractivity (Wildman–Crippen MR) is 117 cm³/mol. The fraction of sp³-hybridized carbons (Fsp3) is 0.217. The van der Waals surface area contributed by atoms with E-state index in [9.17, 15) is 9.59 Å². The van der Waals surface area contributed by atoms with Gasteiger partial charge in [-0.3, -0.25) is 19.7 Å². The fourth-order valence-electron chi connectivity index (χ4n) is 3.08. The number of benzene rings is 1. The molecule has 0 saturated heterocycles. The maximum atomic E-state index is 12.7. The van der Waals surface area contributed by atoms with Crippen molar-refractivity contribution in [3.8, 4) is 0 Å². The number of carbonyl (C=O) groups is 2. The number of hydrogen-bond acceptors (Lipinski definition) is 5. The lowest BCUT2D eigenvalue weighted by molar-refractivity contribution is -0.117. The van der Waals surface area contributed by atoms with Crippen LogP contribution in [0, 0.1) is 0 Å². The highest BCUT2D eigenvalue weighted by Crippen LogP contribution is 2.11. The molecule has 3 rings (SSSR count). The molecule has 0 saturated carbocycles. The van der Waals surface area contributed by atoms with Crippen LogP contribution in [0.25, 0.3) is 0 Å². The molecule has 0 aliphatic rings. The molecule has 0 aliphatic heterocycles. The maximum absolute atomic E-state index is 12.7. The van der Waals surface area contributed by atoms with E-state index in [-0.39, 0.29) is 12.5 Å². The molecule has 1 aromatic carbocycles. The van der Waals surface area contributed by atoms with Gasteiger partial charge in [-0.25, -0.2) is 4.79 Å². The zero-order valence-electron chi connectivity index (χ0n) is 17.1. The summed E-state index contributed by atoms with van der Waals surface area (Å²) in [5, 5.41) is 13.9. The molecule has 0 bridgehead atoms. The van der Waals surface area contributed by atoms with E-state index in [1.165, 1.54) is 0 Å². The SMILES string of the molecule is O=C(O)NCCc1ccc(NC(=O)CN(Cc2ccccn2)Cc2ccccn2)cc1. The van der Waals surface area contributed by atoms with Crippen LogP contribution < -0.4 is 10.6 Å². The lowest BCUT2D eigenvalue weighted by Crippen LogP contribution is -2.33. The van der Waals surface area contributed by atoms with Gasteiger partial charge in [0.05, 0.1) is 17.9 Å². The quantitative estimate of drug-likeness (QED) is 0.466. The van der Waals surface area contributed by atoms with Crippen molar-refractivity contribution in [1.82, 2.24) is 20.2 Å². The van der Waals surface area contributed by atoms with Crippen LogP contribution in [0.5, 0.6) is 0 Å². The van der Waals surface area contributed by atoms with Crippen LogP contribution in [0.15, 0.2) is 73.1 Å². The van der Waals surface area contributed by atoms with Crippen LogP contribution in [0.4, 0.5) is 10.5 Å². The standard InChI is InChI=1S/C23H25N5O3/c29-22(27-19-9-7-18(8-10-19)11-14-26-23(30)31)17-28(15-20-5-1-3-12-24-20)16-21-6-2-4-13-25-21/h1-10,12-13,26H,11,14-17H2,(H,27,29)(H,30,31). The highest BCUT2D eigenvalue weighted by molar-refractivity contribution is 5.92. The lowest BCUT2D eigenvalue weighted by Gasteiger charge is -2.21. The van der Waals surface area contributed by atoms with Crippen LogP contribution in [0.1, 0.15) is 17.0 Å². The molecule has 0 atom stereocenters. The average Bonchev–Trinajstić information content (AvgIpc) is 2.76. The number of rotatable bonds is 10. The molecule has 2 aromatic heterocycles. The minimum absolute atomic E-state index is 0.132. The van der Waals surface area contributed by atoms with Crippen molar-refractivity contribution in [3.63, 3.8) is 0 Å². The van der Waals surface area contributed by atoms with Gasteiger partial charge < -0.3 is 15.7 Å². The fourth-order valence-corrected chi connectivity index (χ4v) is 3.08. The van der Waals surface area contributed by atoms with Crippen molar-refractivity contribution in [3.05, 3.63) is 90.0 Å². The first-order chi connectivity index (χ1) is 15.1. The Bertz CT molecular complexity index is 924. The van der Waals surface area contributed by atoms with E-state index in [0.29, 0.717) is 31.7 Å². The first-order valence-electron chi connectivity index (χ1n) is 9.96. The Labute approximate surface area is 181 Å². The highest BCUT2D eigenvalue weighted by Gasteiger charge is 2.14. The van der Waals surface area contributed by atoms with Gasteiger partial charge in [0.25, 0.3) is 0 Å². The third kappa shape index (κ3) is 7.87. The summed E-state index contributed by atoms with van der Waals surface area (Å²) in [5.41, 5.74) is 3.44. The van der Waals surface area contributed by atoms with Gasteiger partial charge >= 0.3 is 6.09 Å². The Morgan fingerprint density at radius 3 is 2.00 bits per heavy atom. The van der Waals surface area contributed by atoms with Crippen molar-refractivity contribution in [2.24, 2.45) is 0 Å². The largest absolute Gasteiger partial charge is 0.465 e. The number of nitrogens with zero attached hydrogens (tertiary/aromatic N) is 3. The van der Waals surface area contributed by atoms with E-state index in [4.69, 9.17) is 5.11 Å². The Hall–Kier alpha value is -3.78. The molecule has 8 nitrogen and oxygen atoms in total. The number of aromatic nitrogens is 2. The van der Waals surface area contributed by atoms with Gasteiger partial charge in [-0.2, -0.15) is 0 Å². The molecule has 2 heterocycles. The highest BCUT2D eigenvalue weighted by atomic mass is 16.4. The van der Waals surface area contributed by atoms with Crippen LogP contribution in [-0.2, 0) is 24.3 Å². The second kappa shape index (κ2) is 11.4. The van der Waals surface area contributed by atoms with Crippen LogP contribution in [0.3, 0.4) is 0 Å². The number of anilines is 1. The topological polar surface area (TPSA) is 107 Å². The van der Waals surface area contributed by atoms with E-state index >= 15 is 0 Å². The summed E-state index contributed by atoms with van der Waals surface area (Å²) in [6.45, 7) is 1.59. The van der Waals surface area contributed by atoms with E-state index in [1.54, 1.807) is 12.4 Å². The minimum atomic E-state index is -1.04. The van der Waals surface area contributed by atoms with Crippen LogP contribution in [-0.4, -0.2) is 45.1 Å². The molecule has 8 heteroatoms. The number of amides is 2. The molecule has 0 aliphatic carbocycles. The zero-order chi connectivity index (χ0) is 21.9. The average molecular weight is 419 g/mol. The van der Waals surface area contributed by atoms with E-state index in [0.717, 1.165) is 17.0 Å². The molecule has 31 heavy (non-hydrogen) atoms. The van der Waals surface area contributed by atoms with Gasteiger partial charge in [-0.1, -0.05) is 24.3 Å². The molecule has 3 N–H and O–H groups in total. The number of hydrogen-bond donors (Lipinski definition) is 3. The summed E-state index contributed by atoms with van der Waals surface area (Å²) >= 11 is 0. The molecule has 2 amide bonds. The van der Waals surface area contributed by atoms with Gasteiger partial charge in [0.1, 0.15) is 0 Å². The normalized spacial score (nSPS) is 10.6. The van der Waals surface area contributed by atoms with Crippen molar-refractivity contribution in [2.75, 3.05) is 18.4 Å². The third-order valence-corrected chi connectivity index (χ3v) is 4.52. The molecule has 0 radical (unpaired) electrons. The van der Waals surface area contributed by atoms with E-state index < -0.39 is 6.09 Å². The molecule has 0 spiro atoms. The third-order valence-electron chi connectivity index (χ3n) is 4.52. The number of nitrogens with one attached hydrogen (secondary N) is 2. The first kappa shape index (κ1) is 21.9. The summed E-state index contributed by atoms with van der Waals surface area (Å²) in [7, 11) is 0. The van der Waals surface area contributed by atoms with Gasteiger partial charge in [0.2, 0.25) is 5.91 Å². The van der Waals surface area contributed by atoms with Crippen LogP contribution in [0.2, 0.25) is 0 Å². The second-order valence-electron chi connectivity index (χ2n) is 7.01. The van der Waals surface area contributed by atoms with Gasteiger partial charge in [-0.05, 0) is 48.4 Å². The summed E-state index contributed by atoms with van der Waals surface area (Å²) in [4.78, 5) is 33.9. The van der Waals surface area contributed by atoms with Crippen molar-refractivity contribution in [1.29, 1.82) is 0 Å².